The minimum atomic E-state index is -2.28. The number of aliphatic hydroxyl groups is 1. The Morgan fingerprint density at radius 1 is 0.636 bits per heavy atom. The van der Waals surface area contributed by atoms with Gasteiger partial charge in [-0.2, -0.15) is 0 Å². The van der Waals surface area contributed by atoms with Gasteiger partial charge in [0.1, 0.15) is 17.8 Å². The molecule has 1 aliphatic heterocycles. The summed E-state index contributed by atoms with van der Waals surface area (Å²) in [6.45, 7) is 5.97. The highest BCUT2D eigenvalue weighted by atomic mass is 16.6. The summed E-state index contributed by atoms with van der Waals surface area (Å²) >= 11 is 0. The number of rotatable bonds is 18. The van der Waals surface area contributed by atoms with E-state index in [4.69, 9.17) is 23.7 Å². The average Bonchev–Trinajstić information content (AvgIpc) is 3.20. The topological polar surface area (TPSA) is 124 Å². The van der Waals surface area contributed by atoms with Gasteiger partial charge in [0.2, 0.25) is 0 Å². The number of carbonyl (C=O) groups excluding carboxylic acids is 3. The van der Waals surface area contributed by atoms with Gasteiger partial charge in [0.05, 0.1) is 33.0 Å². The second-order valence-electron chi connectivity index (χ2n) is 14.6. The van der Waals surface area contributed by atoms with Gasteiger partial charge in [-0.1, -0.05) is 121 Å². The van der Waals surface area contributed by atoms with Crippen molar-refractivity contribution < 1.29 is 43.2 Å². The minimum absolute atomic E-state index is 0.0142. The average molecular weight is 753 g/mol. The van der Waals surface area contributed by atoms with Gasteiger partial charge in [0, 0.05) is 26.2 Å². The molecule has 4 aromatic carbocycles. The maximum Gasteiger partial charge on any atom is 0.410 e. The molecule has 4 aromatic rings. The lowest BCUT2D eigenvalue weighted by atomic mass is 9.90. The molecule has 1 fully saturated rings. The molecule has 0 bridgehead atoms. The Balaban J connectivity index is 1.50. The Labute approximate surface area is 323 Å². The fourth-order valence-electron chi connectivity index (χ4n) is 6.16. The predicted octanol–water partition coefficient (Wildman–Crippen LogP) is 5.97. The molecular formula is C44H52N2O9. The van der Waals surface area contributed by atoms with E-state index in [2.05, 4.69) is 0 Å². The van der Waals surface area contributed by atoms with Crippen LogP contribution >= 0.6 is 0 Å². The maximum atomic E-state index is 14.8. The molecule has 0 aliphatic carbocycles. The van der Waals surface area contributed by atoms with Crippen molar-refractivity contribution >= 4 is 18.3 Å². The highest BCUT2D eigenvalue weighted by molar-refractivity contribution is 5.82. The molecular weight excluding hydrogens is 700 g/mol. The number of carbonyl (C=O) groups is 3. The fourth-order valence-corrected chi connectivity index (χ4v) is 6.16. The summed E-state index contributed by atoms with van der Waals surface area (Å²) in [5.74, 6) is -0.440. The molecule has 292 valence electrons. The van der Waals surface area contributed by atoms with E-state index in [1.165, 1.54) is 0 Å². The molecule has 4 atom stereocenters. The molecule has 11 nitrogen and oxygen atoms in total. The quantitative estimate of drug-likeness (QED) is 0.123. The van der Waals surface area contributed by atoms with Gasteiger partial charge >= 0.3 is 6.09 Å². The van der Waals surface area contributed by atoms with Crippen LogP contribution in [-0.4, -0.2) is 95.5 Å². The molecule has 0 radical (unpaired) electrons. The van der Waals surface area contributed by atoms with Crippen LogP contribution in [0.3, 0.4) is 0 Å². The summed E-state index contributed by atoms with van der Waals surface area (Å²) in [7, 11) is 0. The molecule has 1 heterocycles. The highest BCUT2D eigenvalue weighted by Gasteiger charge is 2.50. The van der Waals surface area contributed by atoms with Gasteiger partial charge in [-0.05, 0) is 43.0 Å². The lowest BCUT2D eigenvalue weighted by Crippen LogP contribution is -2.62. The first kappa shape index (κ1) is 41.3. The van der Waals surface area contributed by atoms with Crippen LogP contribution in [0.25, 0.3) is 0 Å². The standard InChI is InChI=1S/C44H52N2O9/c1-43(2,3)55-42(49)46-26-24-45(25-27-46)41(48)39(53-30-36-20-12-6-13-21-36)38(52-29-35-18-10-5-11-19-35)40(54-31-37-22-14-7-15-23-37)44(50,32-47)33-51-28-34-16-8-4-9-17-34/h4-23,32,38-40,50H,24-31,33H2,1-3H3. The van der Waals surface area contributed by atoms with Crippen LogP contribution in [0.5, 0.6) is 0 Å². The van der Waals surface area contributed by atoms with Gasteiger partial charge in [0.25, 0.3) is 5.91 Å². The second kappa shape index (κ2) is 20.1. The van der Waals surface area contributed by atoms with Gasteiger partial charge in [-0.25, -0.2) is 4.79 Å². The largest absolute Gasteiger partial charge is 0.444 e. The number of aldehydes is 1. The molecule has 2 amide bonds. The third kappa shape index (κ3) is 12.6. The number of piperazine rings is 1. The monoisotopic (exact) mass is 752 g/mol. The zero-order valence-electron chi connectivity index (χ0n) is 31.8. The number of hydrogen-bond donors (Lipinski definition) is 1. The van der Waals surface area contributed by atoms with Gasteiger partial charge in [-0.15, -0.1) is 0 Å². The van der Waals surface area contributed by atoms with Crippen molar-refractivity contribution in [3.63, 3.8) is 0 Å². The molecule has 1 N–H and O–H groups in total. The van der Waals surface area contributed by atoms with Crippen LogP contribution in [0, 0.1) is 0 Å². The summed E-state index contributed by atoms with van der Waals surface area (Å²) in [5, 5.41) is 12.3. The minimum Gasteiger partial charge on any atom is -0.444 e. The zero-order chi connectivity index (χ0) is 39.1. The summed E-state index contributed by atoms with van der Waals surface area (Å²) in [6, 6.07) is 37.5. The number of nitrogens with zero attached hydrogens (tertiary/aromatic N) is 2. The van der Waals surface area contributed by atoms with Crippen molar-refractivity contribution in [2.45, 2.75) is 76.7 Å². The van der Waals surface area contributed by atoms with E-state index < -0.39 is 48.1 Å². The molecule has 55 heavy (non-hydrogen) atoms. The molecule has 0 spiro atoms. The number of benzene rings is 4. The third-order valence-electron chi connectivity index (χ3n) is 9.05. The Morgan fingerprint density at radius 2 is 1.05 bits per heavy atom. The predicted molar refractivity (Wildman–Crippen MR) is 207 cm³/mol. The highest BCUT2D eigenvalue weighted by Crippen LogP contribution is 2.28. The summed E-state index contributed by atoms with van der Waals surface area (Å²) < 4.78 is 31.2. The number of ether oxygens (including phenoxy) is 5. The normalized spacial score (nSPS) is 16.1. The van der Waals surface area contributed by atoms with E-state index in [-0.39, 0.29) is 52.6 Å². The summed E-state index contributed by atoms with van der Waals surface area (Å²) in [5.41, 5.74) is 0.270. The van der Waals surface area contributed by atoms with Crippen molar-refractivity contribution in [3.8, 4) is 0 Å². The molecule has 11 heteroatoms. The van der Waals surface area contributed by atoms with Crippen LogP contribution in [0.4, 0.5) is 4.79 Å². The summed E-state index contributed by atoms with van der Waals surface area (Å²) in [4.78, 5) is 44.0. The number of hydrogen-bond acceptors (Lipinski definition) is 9. The Bertz CT molecular complexity index is 1750. The Kier molecular flexibility index (Phi) is 15.1. The van der Waals surface area contributed by atoms with Crippen molar-refractivity contribution in [2.24, 2.45) is 0 Å². The molecule has 0 saturated carbocycles. The SMILES string of the molecule is CC(C)(C)OC(=O)N1CCN(C(=O)C(OCc2ccccc2)C(OCc2ccccc2)C(OCc2ccccc2)C(O)(C=O)COCc2ccccc2)CC1. The van der Waals surface area contributed by atoms with Crippen LogP contribution < -0.4 is 0 Å². The van der Waals surface area contributed by atoms with Crippen LogP contribution in [-0.2, 0) is 59.7 Å². The van der Waals surface area contributed by atoms with E-state index in [0.717, 1.165) is 22.3 Å². The first-order valence-corrected chi connectivity index (χ1v) is 18.6. The smallest absolute Gasteiger partial charge is 0.410 e. The van der Waals surface area contributed by atoms with Crippen molar-refractivity contribution in [1.82, 2.24) is 9.80 Å². The van der Waals surface area contributed by atoms with Crippen LogP contribution in [0.1, 0.15) is 43.0 Å². The van der Waals surface area contributed by atoms with Gasteiger partial charge in [-0.3, -0.25) is 9.59 Å². The Hall–Kier alpha value is -4.91. The molecule has 0 aromatic heterocycles. The second-order valence-corrected chi connectivity index (χ2v) is 14.6. The first-order chi connectivity index (χ1) is 26.5. The maximum absolute atomic E-state index is 14.8. The van der Waals surface area contributed by atoms with Gasteiger partial charge in [0.15, 0.2) is 18.0 Å². The first-order valence-electron chi connectivity index (χ1n) is 18.6. The number of amides is 2. The van der Waals surface area contributed by atoms with Crippen molar-refractivity contribution in [3.05, 3.63) is 144 Å². The van der Waals surface area contributed by atoms with E-state index in [1.54, 1.807) is 30.6 Å². The van der Waals surface area contributed by atoms with Crippen molar-refractivity contribution in [1.29, 1.82) is 0 Å². The lowest BCUT2D eigenvalue weighted by Gasteiger charge is -2.42. The third-order valence-corrected chi connectivity index (χ3v) is 9.05. The Morgan fingerprint density at radius 3 is 1.51 bits per heavy atom. The van der Waals surface area contributed by atoms with E-state index in [0.29, 0.717) is 6.29 Å². The van der Waals surface area contributed by atoms with E-state index in [9.17, 15) is 19.5 Å². The van der Waals surface area contributed by atoms with E-state index >= 15 is 0 Å². The van der Waals surface area contributed by atoms with E-state index in [1.807, 2.05) is 121 Å². The van der Waals surface area contributed by atoms with Crippen LogP contribution in [0.15, 0.2) is 121 Å². The fraction of sp³-hybridized carbons (Fsp3) is 0.386. The van der Waals surface area contributed by atoms with Crippen molar-refractivity contribution in [2.75, 3.05) is 32.8 Å². The van der Waals surface area contributed by atoms with Gasteiger partial charge < -0.3 is 38.6 Å². The zero-order valence-corrected chi connectivity index (χ0v) is 31.8. The molecule has 1 saturated heterocycles. The molecule has 5 rings (SSSR count). The van der Waals surface area contributed by atoms with Crippen LogP contribution in [0.2, 0.25) is 0 Å². The molecule has 4 unspecified atom stereocenters. The molecule has 1 aliphatic rings. The summed E-state index contributed by atoms with van der Waals surface area (Å²) in [6.07, 6.45) is -4.19. The lowest BCUT2D eigenvalue weighted by molar-refractivity contribution is -0.218.